The summed E-state index contributed by atoms with van der Waals surface area (Å²) in [5, 5.41) is 3.50. The minimum Gasteiger partial charge on any atom is -0.346 e. The molecule has 0 atom stereocenters. The molecule has 0 unspecified atom stereocenters. The van der Waals surface area contributed by atoms with Gasteiger partial charge in [0.25, 0.3) is 5.91 Å². The largest absolute Gasteiger partial charge is 0.346 e. The highest BCUT2D eigenvalue weighted by atomic mass is 32.2. The molecule has 1 N–H and O–H groups in total. The van der Waals surface area contributed by atoms with E-state index in [0.717, 1.165) is 9.92 Å². The maximum atomic E-state index is 12.7. The van der Waals surface area contributed by atoms with Crippen molar-refractivity contribution in [3.05, 3.63) is 54.2 Å². The van der Waals surface area contributed by atoms with Crippen molar-refractivity contribution < 1.29 is 14.4 Å². The van der Waals surface area contributed by atoms with Crippen molar-refractivity contribution in [1.82, 2.24) is 20.1 Å². The number of carbonyl (C=O) groups excluding carboxylic acids is 3. The predicted octanol–water partition coefficient (Wildman–Crippen LogP) is 2.04. The van der Waals surface area contributed by atoms with Crippen molar-refractivity contribution in [2.45, 2.75) is 29.8 Å². The first-order valence-electron chi connectivity index (χ1n) is 9.52. The van der Waals surface area contributed by atoms with Gasteiger partial charge >= 0.3 is 11.8 Å². The summed E-state index contributed by atoms with van der Waals surface area (Å²) in [4.78, 5) is 45.3. The molecule has 1 saturated heterocycles. The van der Waals surface area contributed by atoms with Gasteiger partial charge in [-0.15, -0.1) is 0 Å². The number of amides is 3. The normalized spacial score (nSPS) is 14.0. The molecule has 7 nitrogen and oxygen atoms in total. The van der Waals surface area contributed by atoms with E-state index in [4.69, 9.17) is 0 Å². The van der Waals surface area contributed by atoms with E-state index < -0.39 is 11.8 Å². The minimum absolute atomic E-state index is 0.0712. The quantitative estimate of drug-likeness (QED) is 0.777. The van der Waals surface area contributed by atoms with Gasteiger partial charge in [0, 0.05) is 48.9 Å². The van der Waals surface area contributed by atoms with Gasteiger partial charge in [-0.1, -0.05) is 17.8 Å². The van der Waals surface area contributed by atoms with Crippen molar-refractivity contribution in [3.63, 3.8) is 0 Å². The molecule has 1 aromatic carbocycles. The third kappa shape index (κ3) is 5.57. The van der Waals surface area contributed by atoms with Crippen LogP contribution in [0.1, 0.15) is 24.2 Å². The Morgan fingerprint density at radius 3 is 2.21 bits per heavy atom. The summed E-state index contributed by atoms with van der Waals surface area (Å²) in [6.07, 6.45) is 1.75. The van der Waals surface area contributed by atoms with Crippen LogP contribution in [0.3, 0.4) is 0 Å². The van der Waals surface area contributed by atoms with Crippen LogP contribution in [0.4, 0.5) is 0 Å². The lowest BCUT2D eigenvalue weighted by molar-refractivity contribution is -0.147. The lowest BCUT2D eigenvalue weighted by Gasteiger charge is -2.34. The Bertz CT molecular complexity index is 863. The van der Waals surface area contributed by atoms with Crippen LogP contribution in [0.15, 0.2) is 58.6 Å². The molecule has 1 aromatic heterocycles. The minimum atomic E-state index is -0.597. The van der Waals surface area contributed by atoms with E-state index in [2.05, 4.69) is 10.3 Å². The zero-order chi connectivity index (χ0) is 20.8. The average Bonchev–Trinajstić information content (AvgIpc) is 2.73. The number of hydrogen-bond donors (Lipinski definition) is 1. The fourth-order valence-electron chi connectivity index (χ4n) is 2.96. The molecule has 29 heavy (non-hydrogen) atoms. The maximum absolute atomic E-state index is 12.7. The van der Waals surface area contributed by atoms with Crippen molar-refractivity contribution in [3.8, 4) is 0 Å². The number of carbonyl (C=O) groups is 3. The van der Waals surface area contributed by atoms with Gasteiger partial charge in [0.15, 0.2) is 0 Å². The van der Waals surface area contributed by atoms with Crippen LogP contribution >= 0.6 is 11.8 Å². The smallest absolute Gasteiger partial charge is 0.312 e. The third-order valence-corrected chi connectivity index (χ3v) is 5.39. The molecule has 0 spiro atoms. The monoisotopic (exact) mass is 412 g/mol. The second-order valence-corrected chi connectivity index (χ2v) is 8.10. The van der Waals surface area contributed by atoms with Gasteiger partial charge in [-0.2, -0.15) is 0 Å². The molecule has 1 aliphatic rings. The van der Waals surface area contributed by atoms with Crippen LogP contribution in [-0.2, 0) is 9.59 Å². The molecule has 1 aliphatic heterocycles. The SMILES string of the molecule is CC(C)NC(=O)C(=O)N1CCN(C(=O)c2ccc(Sc3ccccn3)cc2)CC1. The van der Waals surface area contributed by atoms with E-state index in [1.54, 1.807) is 23.2 Å². The van der Waals surface area contributed by atoms with Crippen molar-refractivity contribution in [2.24, 2.45) is 0 Å². The first-order chi connectivity index (χ1) is 13.9. The van der Waals surface area contributed by atoms with Gasteiger partial charge in [-0.05, 0) is 50.2 Å². The highest BCUT2D eigenvalue weighted by Crippen LogP contribution is 2.26. The molecule has 0 saturated carbocycles. The zero-order valence-electron chi connectivity index (χ0n) is 16.5. The zero-order valence-corrected chi connectivity index (χ0v) is 17.3. The molecule has 0 bridgehead atoms. The Balaban J connectivity index is 1.54. The molecule has 3 rings (SSSR count). The van der Waals surface area contributed by atoms with Crippen LogP contribution in [-0.4, -0.2) is 64.7 Å². The number of nitrogens with one attached hydrogen (secondary N) is 1. The van der Waals surface area contributed by atoms with Gasteiger partial charge in [0.1, 0.15) is 5.03 Å². The fraction of sp³-hybridized carbons (Fsp3) is 0.333. The van der Waals surface area contributed by atoms with Crippen LogP contribution in [0.2, 0.25) is 0 Å². The first kappa shape index (κ1) is 20.9. The number of piperazine rings is 1. The van der Waals surface area contributed by atoms with Gasteiger partial charge in [0.05, 0.1) is 0 Å². The summed E-state index contributed by atoms with van der Waals surface area (Å²) in [6.45, 7) is 5.13. The van der Waals surface area contributed by atoms with Gasteiger partial charge in [-0.3, -0.25) is 14.4 Å². The molecule has 8 heteroatoms. The Kier molecular flexibility index (Phi) is 6.87. The van der Waals surface area contributed by atoms with E-state index in [9.17, 15) is 14.4 Å². The molecule has 2 aromatic rings. The van der Waals surface area contributed by atoms with E-state index in [-0.39, 0.29) is 11.9 Å². The Hall–Kier alpha value is -2.87. The molecular formula is C21H24N4O3S. The Morgan fingerprint density at radius 2 is 1.62 bits per heavy atom. The van der Waals surface area contributed by atoms with Crippen molar-refractivity contribution in [2.75, 3.05) is 26.2 Å². The number of hydrogen-bond acceptors (Lipinski definition) is 5. The molecule has 0 radical (unpaired) electrons. The van der Waals surface area contributed by atoms with Crippen LogP contribution < -0.4 is 5.32 Å². The maximum Gasteiger partial charge on any atom is 0.312 e. The number of aromatic nitrogens is 1. The topological polar surface area (TPSA) is 82.6 Å². The molecular weight excluding hydrogens is 388 g/mol. The number of benzene rings is 1. The summed E-state index contributed by atoms with van der Waals surface area (Å²) in [7, 11) is 0. The van der Waals surface area contributed by atoms with Crippen molar-refractivity contribution in [1.29, 1.82) is 0 Å². The summed E-state index contributed by atoms with van der Waals surface area (Å²) in [5.74, 6) is -1.21. The van der Waals surface area contributed by atoms with E-state index in [0.29, 0.717) is 31.7 Å². The highest BCUT2D eigenvalue weighted by Gasteiger charge is 2.28. The van der Waals surface area contributed by atoms with E-state index >= 15 is 0 Å². The third-order valence-electron chi connectivity index (χ3n) is 4.43. The summed E-state index contributed by atoms with van der Waals surface area (Å²) < 4.78 is 0. The van der Waals surface area contributed by atoms with E-state index in [1.807, 2.05) is 44.2 Å². The number of rotatable bonds is 4. The second-order valence-electron chi connectivity index (χ2n) is 7.01. The molecule has 1 fully saturated rings. The van der Waals surface area contributed by atoms with Crippen molar-refractivity contribution >= 4 is 29.5 Å². The fourth-order valence-corrected chi connectivity index (χ4v) is 3.73. The predicted molar refractivity (Wildman–Crippen MR) is 111 cm³/mol. The summed E-state index contributed by atoms with van der Waals surface area (Å²) >= 11 is 1.54. The lowest BCUT2D eigenvalue weighted by atomic mass is 10.2. The Labute approximate surface area is 174 Å². The van der Waals surface area contributed by atoms with E-state index in [1.165, 1.54) is 16.7 Å². The average molecular weight is 413 g/mol. The van der Waals surface area contributed by atoms with Crippen LogP contribution in [0.5, 0.6) is 0 Å². The van der Waals surface area contributed by atoms with Crippen LogP contribution in [0, 0.1) is 0 Å². The molecule has 3 amide bonds. The molecule has 152 valence electrons. The Morgan fingerprint density at radius 1 is 0.966 bits per heavy atom. The number of nitrogens with zero attached hydrogens (tertiary/aromatic N) is 3. The van der Waals surface area contributed by atoms with Crippen LogP contribution in [0.25, 0.3) is 0 Å². The lowest BCUT2D eigenvalue weighted by Crippen LogP contribution is -2.54. The number of pyridine rings is 1. The second kappa shape index (κ2) is 9.56. The molecule has 0 aliphatic carbocycles. The highest BCUT2D eigenvalue weighted by molar-refractivity contribution is 7.99. The van der Waals surface area contributed by atoms with Gasteiger partial charge in [-0.25, -0.2) is 4.98 Å². The van der Waals surface area contributed by atoms with Gasteiger partial charge in [0.2, 0.25) is 0 Å². The van der Waals surface area contributed by atoms with Gasteiger partial charge < -0.3 is 15.1 Å². The summed E-state index contributed by atoms with van der Waals surface area (Å²) in [5.41, 5.74) is 0.604. The molecule has 2 heterocycles. The standard InChI is InChI=1S/C21H24N4O3S/c1-15(2)23-19(26)21(28)25-13-11-24(12-14-25)20(27)16-6-8-17(9-7-16)29-18-5-3-4-10-22-18/h3-10,15H,11-14H2,1-2H3,(H,23,26). The first-order valence-corrected chi connectivity index (χ1v) is 10.3. The summed E-state index contributed by atoms with van der Waals surface area (Å²) in [6, 6.07) is 13.1.